The fraction of sp³-hybridized carbons (Fsp3) is 0.185. The predicted molar refractivity (Wildman–Crippen MR) is 144 cm³/mol. The highest BCUT2D eigenvalue weighted by Gasteiger charge is 2.20. The number of nitrogens with zero attached hydrogens (tertiary/aromatic N) is 1. The van der Waals surface area contributed by atoms with Crippen molar-refractivity contribution in [2.75, 3.05) is 26.0 Å². The molecule has 0 aliphatic carbocycles. The molecular formula is C27H25ClN2O6S. The Kier molecular flexibility index (Phi) is 7.40. The Morgan fingerprint density at radius 1 is 1.00 bits per heavy atom. The number of ether oxygens (including phenoxy) is 1. The van der Waals surface area contributed by atoms with Gasteiger partial charge in [-0.3, -0.25) is 9.59 Å². The van der Waals surface area contributed by atoms with Crippen LogP contribution in [0.3, 0.4) is 0 Å². The number of halogens is 1. The molecule has 0 saturated carbocycles. The second-order valence-electron chi connectivity index (χ2n) is 8.68. The van der Waals surface area contributed by atoms with E-state index >= 15 is 0 Å². The number of carbonyl (C=O) groups is 1. The molecule has 4 rings (SSSR count). The topological polar surface area (TPSA) is 106 Å². The molecule has 1 heterocycles. The Bertz CT molecular complexity index is 1640. The van der Waals surface area contributed by atoms with Gasteiger partial charge >= 0.3 is 0 Å². The number of hydrogen-bond donors (Lipinski definition) is 1. The first-order valence-electron chi connectivity index (χ1n) is 11.3. The number of hydrogen-bond acceptors (Lipinski definition) is 6. The molecule has 0 spiro atoms. The van der Waals surface area contributed by atoms with Gasteiger partial charge in [-0.25, -0.2) is 12.7 Å². The third-order valence-electron chi connectivity index (χ3n) is 5.84. The highest BCUT2D eigenvalue weighted by molar-refractivity contribution is 7.89. The van der Waals surface area contributed by atoms with Crippen molar-refractivity contribution < 1.29 is 22.4 Å². The fourth-order valence-electron chi connectivity index (χ4n) is 3.61. The number of benzene rings is 3. The number of nitrogens with one attached hydrogen (secondary N) is 1. The average Bonchev–Trinajstić information content (AvgIpc) is 2.85. The summed E-state index contributed by atoms with van der Waals surface area (Å²) in [7, 11) is -0.714. The monoisotopic (exact) mass is 540 g/mol. The fourth-order valence-corrected chi connectivity index (χ4v) is 4.64. The zero-order chi connectivity index (χ0) is 26.9. The highest BCUT2D eigenvalue weighted by Crippen LogP contribution is 2.32. The predicted octanol–water partition coefficient (Wildman–Crippen LogP) is 5.00. The minimum Gasteiger partial charge on any atom is -0.476 e. The first-order valence-corrected chi connectivity index (χ1v) is 13.1. The molecule has 0 atom stereocenters. The standard InChI is InChI=1S/C27H25ClN2O6S/c1-16-13-22-23(14-17(16)2)36-26(18-5-7-19(28)8-6-18)27(25(22)32)35-15-24(31)29-20-9-11-21(12-10-20)37(33,34)30(3)4/h5-14H,15H2,1-4H3,(H,29,31). The molecule has 10 heteroatoms. The second kappa shape index (κ2) is 10.4. The van der Waals surface area contributed by atoms with Crippen LogP contribution in [0.5, 0.6) is 5.75 Å². The maximum absolute atomic E-state index is 13.4. The van der Waals surface area contributed by atoms with Crippen molar-refractivity contribution in [3.05, 3.63) is 87.0 Å². The molecule has 1 aromatic heterocycles. The minimum atomic E-state index is -3.59. The number of sulfonamides is 1. The second-order valence-corrected chi connectivity index (χ2v) is 11.3. The summed E-state index contributed by atoms with van der Waals surface area (Å²) in [5, 5.41) is 3.50. The summed E-state index contributed by atoms with van der Waals surface area (Å²) in [6.07, 6.45) is 0. The van der Waals surface area contributed by atoms with E-state index in [1.54, 1.807) is 36.4 Å². The first kappa shape index (κ1) is 26.4. The van der Waals surface area contributed by atoms with Gasteiger partial charge in [0.25, 0.3) is 5.91 Å². The van der Waals surface area contributed by atoms with E-state index in [0.717, 1.165) is 15.4 Å². The van der Waals surface area contributed by atoms with Gasteiger partial charge in [0.05, 0.1) is 10.3 Å². The van der Waals surface area contributed by atoms with E-state index in [2.05, 4.69) is 5.32 Å². The molecule has 0 aliphatic heterocycles. The quantitative estimate of drug-likeness (QED) is 0.354. The van der Waals surface area contributed by atoms with E-state index in [-0.39, 0.29) is 16.4 Å². The van der Waals surface area contributed by atoms with E-state index in [1.165, 1.54) is 38.4 Å². The van der Waals surface area contributed by atoms with Gasteiger partial charge in [0.1, 0.15) is 5.58 Å². The number of carbonyl (C=O) groups excluding carboxylic acids is 1. The van der Waals surface area contributed by atoms with Crippen LogP contribution in [0.4, 0.5) is 5.69 Å². The molecule has 37 heavy (non-hydrogen) atoms. The van der Waals surface area contributed by atoms with E-state index < -0.39 is 28.0 Å². The zero-order valence-corrected chi connectivity index (χ0v) is 22.2. The van der Waals surface area contributed by atoms with Crippen LogP contribution in [0.15, 0.2) is 74.8 Å². The largest absolute Gasteiger partial charge is 0.476 e. The summed E-state index contributed by atoms with van der Waals surface area (Å²) in [5.41, 5.74) is 2.83. The maximum atomic E-state index is 13.4. The van der Waals surface area contributed by atoms with Crippen LogP contribution in [-0.2, 0) is 14.8 Å². The molecule has 3 aromatic carbocycles. The summed E-state index contributed by atoms with van der Waals surface area (Å²) < 4.78 is 37.4. The lowest BCUT2D eigenvalue weighted by Crippen LogP contribution is -2.23. The van der Waals surface area contributed by atoms with Gasteiger partial charge in [0.2, 0.25) is 21.2 Å². The van der Waals surface area contributed by atoms with Gasteiger partial charge < -0.3 is 14.5 Å². The third kappa shape index (κ3) is 5.53. The van der Waals surface area contributed by atoms with Crippen molar-refractivity contribution in [2.45, 2.75) is 18.7 Å². The van der Waals surface area contributed by atoms with Crippen LogP contribution in [0.25, 0.3) is 22.3 Å². The lowest BCUT2D eigenvalue weighted by Gasteiger charge is -2.13. The van der Waals surface area contributed by atoms with Crippen LogP contribution < -0.4 is 15.5 Å². The van der Waals surface area contributed by atoms with Crippen LogP contribution in [0.1, 0.15) is 11.1 Å². The third-order valence-corrected chi connectivity index (χ3v) is 7.92. The van der Waals surface area contributed by atoms with Crippen molar-refractivity contribution in [2.24, 2.45) is 0 Å². The number of fused-ring (bicyclic) bond motifs is 1. The molecule has 0 unspecified atom stereocenters. The summed E-state index contributed by atoms with van der Waals surface area (Å²) in [5.74, 6) is -0.450. The Morgan fingerprint density at radius 3 is 2.24 bits per heavy atom. The summed E-state index contributed by atoms with van der Waals surface area (Å²) in [6.45, 7) is 3.34. The number of anilines is 1. The minimum absolute atomic E-state index is 0.0960. The summed E-state index contributed by atoms with van der Waals surface area (Å²) in [4.78, 5) is 26.1. The van der Waals surface area contributed by atoms with E-state index in [4.69, 9.17) is 20.8 Å². The number of rotatable bonds is 7. The van der Waals surface area contributed by atoms with Gasteiger partial charge in [0.15, 0.2) is 12.4 Å². The highest BCUT2D eigenvalue weighted by atomic mass is 35.5. The van der Waals surface area contributed by atoms with Crippen molar-refractivity contribution in [3.63, 3.8) is 0 Å². The average molecular weight is 541 g/mol. The van der Waals surface area contributed by atoms with Gasteiger partial charge in [-0.05, 0) is 85.6 Å². The molecular weight excluding hydrogens is 516 g/mol. The van der Waals surface area contributed by atoms with Crippen molar-refractivity contribution in [3.8, 4) is 17.1 Å². The van der Waals surface area contributed by atoms with Gasteiger partial charge in [-0.15, -0.1) is 0 Å². The van der Waals surface area contributed by atoms with Crippen LogP contribution in [0, 0.1) is 13.8 Å². The van der Waals surface area contributed by atoms with E-state index in [0.29, 0.717) is 27.2 Å². The van der Waals surface area contributed by atoms with E-state index in [9.17, 15) is 18.0 Å². The lowest BCUT2D eigenvalue weighted by molar-refractivity contribution is -0.118. The normalized spacial score (nSPS) is 11.6. The molecule has 192 valence electrons. The molecule has 4 aromatic rings. The molecule has 0 saturated heterocycles. The summed E-state index contributed by atoms with van der Waals surface area (Å²) in [6, 6.07) is 16.0. The molecule has 1 amide bonds. The molecule has 0 bridgehead atoms. The Morgan fingerprint density at radius 2 is 1.62 bits per heavy atom. The lowest BCUT2D eigenvalue weighted by atomic mass is 10.0. The van der Waals surface area contributed by atoms with Gasteiger partial charge in [0, 0.05) is 30.4 Å². The number of aryl methyl sites for hydroxylation is 2. The molecule has 8 nitrogen and oxygen atoms in total. The maximum Gasteiger partial charge on any atom is 0.262 e. The zero-order valence-electron chi connectivity index (χ0n) is 20.7. The van der Waals surface area contributed by atoms with Crippen LogP contribution in [0.2, 0.25) is 5.02 Å². The number of amides is 1. The summed E-state index contributed by atoms with van der Waals surface area (Å²) >= 11 is 6.02. The molecule has 0 fully saturated rings. The SMILES string of the molecule is Cc1cc2oc(-c3ccc(Cl)cc3)c(OCC(=O)Nc3ccc(S(=O)(=O)N(C)C)cc3)c(=O)c2cc1C. The van der Waals surface area contributed by atoms with Crippen LogP contribution in [-0.4, -0.2) is 39.3 Å². The van der Waals surface area contributed by atoms with Crippen molar-refractivity contribution in [1.29, 1.82) is 0 Å². The van der Waals surface area contributed by atoms with Crippen molar-refractivity contribution >= 4 is 44.2 Å². The molecule has 0 aliphatic rings. The Balaban J connectivity index is 1.62. The Labute approximate surface area is 219 Å². The van der Waals surface area contributed by atoms with Gasteiger partial charge in [-0.1, -0.05) is 11.6 Å². The Hall–Kier alpha value is -3.66. The molecule has 0 radical (unpaired) electrons. The van der Waals surface area contributed by atoms with Crippen LogP contribution >= 0.6 is 11.6 Å². The van der Waals surface area contributed by atoms with E-state index in [1.807, 2.05) is 13.8 Å². The first-order chi connectivity index (χ1) is 17.5. The van der Waals surface area contributed by atoms with Gasteiger partial charge in [-0.2, -0.15) is 0 Å². The van der Waals surface area contributed by atoms with Crippen molar-refractivity contribution in [1.82, 2.24) is 4.31 Å². The smallest absolute Gasteiger partial charge is 0.262 e. The molecule has 1 N–H and O–H groups in total.